The average Bonchev–Trinajstić information content (AvgIpc) is 2.65. The van der Waals surface area contributed by atoms with Crippen molar-refractivity contribution in [2.24, 2.45) is 5.10 Å². The molecular formula is C10H15N3O2. The molecule has 5 heteroatoms. The topological polar surface area (TPSA) is 61.8 Å². The summed E-state index contributed by atoms with van der Waals surface area (Å²) in [7, 11) is 0. The van der Waals surface area contributed by atoms with Gasteiger partial charge in [-0.25, -0.2) is 5.43 Å². The van der Waals surface area contributed by atoms with Crippen LogP contribution in [0.2, 0.25) is 0 Å². The van der Waals surface area contributed by atoms with Gasteiger partial charge in [-0.05, 0) is 19.8 Å². The molecule has 0 aromatic carbocycles. The smallest absolute Gasteiger partial charge is 0.270 e. The van der Waals surface area contributed by atoms with Gasteiger partial charge in [0, 0.05) is 25.4 Å². The Labute approximate surface area is 88.5 Å². The second kappa shape index (κ2) is 4.00. The molecular weight excluding hydrogens is 194 g/mol. The van der Waals surface area contributed by atoms with Crippen LogP contribution in [0, 0.1) is 0 Å². The van der Waals surface area contributed by atoms with Gasteiger partial charge in [0.25, 0.3) is 5.91 Å². The highest BCUT2D eigenvalue weighted by atomic mass is 16.2. The second-order valence-corrected chi connectivity index (χ2v) is 4.08. The summed E-state index contributed by atoms with van der Waals surface area (Å²) >= 11 is 0. The maximum atomic E-state index is 12.0. The minimum atomic E-state index is -0.110. The van der Waals surface area contributed by atoms with E-state index in [4.69, 9.17) is 0 Å². The van der Waals surface area contributed by atoms with Crippen molar-refractivity contribution in [1.82, 2.24) is 10.3 Å². The molecule has 0 aromatic heterocycles. The first-order valence-electron chi connectivity index (χ1n) is 5.35. The molecule has 82 valence electrons. The molecule has 2 heterocycles. The van der Waals surface area contributed by atoms with Gasteiger partial charge in [0.1, 0.15) is 5.71 Å². The van der Waals surface area contributed by atoms with Gasteiger partial charge >= 0.3 is 0 Å². The predicted molar refractivity (Wildman–Crippen MR) is 55.2 cm³/mol. The monoisotopic (exact) mass is 209 g/mol. The molecule has 1 unspecified atom stereocenters. The molecule has 0 radical (unpaired) electrons. The van der Waals surface area contributed by atoms with Crippen LogP contribution in [0.5, 0.6) is 0 Å². The summed E-state index contributed by atoms with van der Waals surface area (Å²) < 4.78 is 0. The molecule has 1 N–H and O–H groups in total. The fourth-order valence-electron chi connectivity index (χ4n) is 2.03. The Morgan fingerprint density at radius 1 is 1.53 bits per heavy atom. The quantitative estimate of drug-likeness (QED) is 0.673. The van der Waals surface area contributed by atoms with Crippen LogP contribution >= 0.6 is 0 Å². The lowest BCUT2D eigenvalue weighted by Crippen LogP contribution is -2.41. The zero-order valence-electron chi connectivity index (χ0n) is 8.82. The number of hydrogen-bond acceptors (Lipinski definition) is 3. The van der Waals surface area contributed by atoms with E-state index < -0.39 is 0 Å². The van der Waals surface area contributed by atoms with Crippen molar-refractivity contribution in [2.75, 3.05) is 6.54 Å². The van der Waals surface area contributed by atoms with Crippen LogP contribution in [0.4, 0.5) is 0 Å². The van der Waals surface area contributed by atoms with E-state index in [0.717, 1.165) is 19.4 Å². The summed E-state index contributed by atoms with van der Waals surface area (Å²) in [6.07, 6.45) is 2.96. The number of hydrogen-bond donors (Lipinski definition) is 1. The molecule has 1 fully saturated rings. The number of hydrazone groups is 1. The van der Waals surface area contributed by atoms with E-state index in [1.54, 1.807) is 0 Å². The van der Waals surface area contributed by atoms with Crippen molar-refractivity contribution in [1.29, 1.82) is 0 Å². The van der Waals surface area contributed by atoms with Gasteiger partial charge < -0.3 is 4.90 Å². The van der Waals surface area contributed by atoms with Crippen LogP contribution < -0.4 is 5.43 Å². The molecule has 0 saturated carbocycles. The molecule has 1 atom stereocenters. The van der Waals surface area contributed by atoms with Crippen molar-refractivity contribution in [3.63, 3.8) is 0 Å². The molecule has 2 amide bonds. The van der Waals surface area contributed by atoms with Crippen LogP contribution in [0.25, 0.3) is 0 Å². The summed E-state index contributed by atoms with van der Waals surface area (Å²) in [6.45, 7) is 2.86. The Balaban J connectivity index is 2.04. The number of rotatable bonds is 1. The van der Waals surface area contributed by atoms with Gasteiger partial charge in [-0.2, -0.15) is 5.10 Å². The van der Waals surface area contributed by atoms with E-state index >= 15 is 0 Å². The molecule has 1 saturated heterocycles. The van der Waals surface area contributed by atoms with Gasteiger partial charge in [-0.15, -0.1) is 0 Å². The number of nitrogens with one attached hydrogen (secondary N) is 1. The van der Waals surface area contributed by atoms with Crippen molar-refractivity contribution < 1.29 is 9.59 Å². The summed E-state index contributed by atoms with van der Waals surface area (Å²) in [5.74, 6) is -0.124. The van der Waals surface area contributed by atoms with Crippen LogP contribution in [0.3, 0.4) is 0 Å². The molecule has 2 aliphatic heterocycles. The number of likely N-dealkylation sites (tertiary alicyclic amines) is 1. The molecule has 2 rings (SSSR count). The molecule has 0 bridgehead atoms. The first-order chi connectivity index (χ1) is 7.18. The van der Waals surface area contributed by atoms with Crippen molar-refractivity contribution >= 4 is 17.5 Å². The Bertz CT molecular complexity index is 325. The SMILES string of the molecule is CC1CCCN1C(=O)C1=NNC(=O)CC1. The Hall–Kier alpha value is -1.39. The van der Waals surface area contributed by atoms with E-state index in [1.807, 2.05) is 11.8 Å². The first kappa shape index (κ1) is 10.1. The molecule has 2 aliphatic rings. The van der Waals surface area contributed by atoms with E-state index in [1.165, 1.54) is 0 Å². The third kappa shape index (κ3) is 2.00. The van der Waals surface area contributed by atoms with Crippen molar-refractivity contribution in [3.05, 3.63) is 0 Å². The van der Waals surface area contributed by atoms with Gasteiger partial charge in [-0.3, -0.25) is 9.59 Å². The minimum Gasteiger partial charge on any atom is -0.335 e. The average molecular weight is 209 g/mol. The standard InChI is InChI=1S/C10H15N3O2/c1-7-3-2-6-13(7)10(15)8-4-5-9(14)12-11-8/h7H,2-6H2,1H3,(H,12,14). The summed E-state index contributed by atoms with van der Waals surface area (Å²) in [5, 5.41) is 3.82. The number of amides is 2. The van der Waals surface area contributed by atoms with Gasteiger partial charge in [-0.1, -0.05) is 0 Å². The normalized spacial score (nSPS) is 26.2. The zero-order chi connectivity index (χ0) is 10.8. The van der Waals surface area contributed by atoms with Gasteiger partial charge in [0.2, 0.25) is 5.91 Å². The van der Waals surface area contributed by atoms with Crippen molar-refractivity contribution in [3.8, 4) is 0 Å². The molecule has 15 heavy (non-hydrogen) atoms. The minimum absolute atomic E-state index is 0.0139. The molecule has 0 aromatic rings. The van der Waals surface area contributed by atoms with Crippen molar-refractivity contribution in [2.45, 2.75) is 38.6 Å². The van der Waals surface area contributed by atoms with Crippen LogP contribution in [-0.2, 0) is 9.59 Å². The second-order valence-electron chi connectivity index (χ2n) is 4.08. The van der Waals surface area contributed by atoms with E-state index in [0.29, 0.717) is 24.6 Å². The number of nitrogens with zero attached hydrogens (tertiary/aromatic N) is 2. The summed E-state index contributed by atoms with van der Waals surface area (Å²) in [5.41, 5.74) is 2.84. The maximum absolute atomic E-state index is 12.0. The summed E-state index contributed by atoms with van der Waals surface area (Å²) in [4.78, 5) is 24.7. The van der Waals surface area contributed by atoms with Gasteiger partial charge in [0.15, 0.2) is 0 Å². The molecule has 0 aliphatic carbocycles. The fourth-order valence-corrected chi connectivity index (χ4v) is 2.03. The number of carbonyl (C=O) groups is 2. The predicted octanol–water partition coefficient (Wildman–Crippen LogP) is 0.263. The zero-order valence-corrected chi connectivity index (χ0v) is 8.82. The van der Waals surface area contributed by atoms with Gasteiger partial charge in [0.05, 0.1) is 0 Å². The van der Waals surface area contributed by atoms with Crippen LogP contribution in [0.1, 0.15) is 32.6 Å². The first-order valence-corrected chi connectivity index (χ1v) is 5.35. The van der Waals surface area contributed by atoms with E-state index in [2.05, 4.69) is 10.5 Å². The fraction of sp³-hybridized carbons (Fsp3) is 0.700. The molecule has 0 spiro atoms. The highest BCUT2D eigenvalue weighted by Crippen LogP contribution is 2.17. The Morgan fingerprint density at radius 2 is 2.33 bits per heavy atom. The number of carbonyl (C=O) groups excluding carboxylic acids is 2. The highest BCUT2D eigenvalue weighted by Gasteiger charge is 2.29. The van der Waals surface area contributed by atoms with Crippen LogP contribution in [-0.4, -0.2) is 35.0 Å². The molecule has 5 nitrogen and oxygen atoms in total. The van der Waals surface area contributed by atoms with E-state index in [9.17, 15) is 9.59 Å². The lowest BCUT2D eigenvalue weighted by Gasteiger charge is -2.23. The third-order valence-electron chi connectivity index (χ3n) is 2.97. The van der Waals surface area contributed by atoms with E-state index in [-0.39, 0.29) is 11.8 Å². The Kier molecular flexibility index (Phi) is 2.70. The largest absolute Gasteiger partial charge is 0.335 e. The highest BCUT2D eigenvalue weighted by molar-refractivity contribution is 6.39. The van der Waals surface area contributed by atoms with Crippen LogP contribution in [0.15, 0.2) is 5.10 Å². The lowest BCUT2D eigenvalue weighted by atomic mass is 10.1. The Morgan fingerprint density at radius 3 is 2.87 bits per heavy atom. The lowest BCUT2D eigenvalue weighted by molar-refractivity contribution is -0.125. The maximum Gasteiger partial charge on any atom is 0.270 e. The third-order valence-corrected chi connectivity index (χ3v) is 2.97. The summed E-state index contributed by atoms with van der Waals surface area (Å²) in [6, 6.07) is 0.304.